The lowest BCUT2D eigenvalue weighted by Crippen LogP contribution is -2.27. The number of hydrogen-bond acceptors (Lipinski definition) is 5. The minimum absolute atomic E-state index is 0.0762. The smallest absolute Gasteiger partial charge is 0.266 e. The third-order valence-corrected chi connectivity index (χ3v) is 6.58. The van der Waals surface area contributed by atoms with Gasteiger partial charge in [-0.3, -0.25) is 14.5 Å². The molecule has 0 unspecified atom stereocenters. The van der Waals surface area contributed by atoms with Gasteiger partial charge in [0.2, 0.25) is 0 Å². The van der Waals surface area contributed by atoms with Crippen molar-refractivity contribution in [2.75, 3.05) is 6.54 Å². The number of furan rings is 1. The maximum Gasteiger partial charge on any atom is 0.266 e. The molecule has 0 aliphatic carbocycles. The predicted octanol–water partition coefficient (Wildman–Crippen LogP) is 5.88. The fourth-order valence-corrected chi connectivity index (χ4v) is 4.62. The van der Waals surface area contributed by atoms with Crippen molar-refractivity contribution < 1.29 is 14.0 Å². The summed E-state index contributed by atoms with van der Waals surface area (Å²) in [7, 11) is 0. The van der Waals surface area contributed by atoms with E-state index in [0.717, 1.165) is 24.0 Å². The average Bonchev–Trinajstić information content (AvgIpc) is 3.40. The Labute approximate surface area is 202 Å². The van der Waals surface area contributed by atoms with E-state index in [-0.39, 0.29) is 11.8 Å². The van der Waals surface area contributed by atoms with Crippen molar-refractivity contribution in [3.8, 4) is 11.3 Å². The van der Waals surface area contributed by atoms with E-state index in [1.165, 1.54) is 11.8 Å². The number of amides is 2. The third-order valence-electron chi connectivity index (χ3n) is 5.20. The summed E-state index contributed by atoms with van der Waals surface area (Å²) in [5.74, 6) is 1.04. The van der Waals surface area contributed by atoms with Crippen molar-refractivity contribution in [2.24, 2.45) is 0 Å². The van der Waals surface area contributed by atoms with Gasteiger partial charge in [-0.15, -0.1) is 0 Å². The van der Waals surface area contributed by atoms with Crippen molar-refractivity contribution in [3.63, 3.8) is 0 Å². The fraction of sp³-hybridized carbons (Fsp3) is 0.192. The van der Waals surface area contributed by atoms with E-state index in [1.54, 1.807) is 23.1 Å². The summed E-state index contributed by atoms with van der Waals surface area (Å²) in [5.41, 5.74) is 2.50. The van der Waals surface area contributed by atoms with E-state index in [2.05, 4.69) is 12.2 Å². The Morgan fingerprint density at radius 2 is 1.85 bits per heavy atom. The number of unbranched alkanes of at least 4 members (excludes halogenated alkanes) is 1. The number of thioether (sulfide) groups is 1. The number of nitrogens with one attached hydrogen (secondary N) is 1. The molecule has 1 aliphatic rings. The zero-order chi connectivity index (χ0) is 23.2. The normalized spacial score (nSPS) is 14.8. The van der Waals surface area contributed by atoms with Crippen molar-refractivity contribution >= 4 is 46.2 Å². The monoisotopic (exact) mass is 476 g/mol. The first-order valence-electron chi connectivity index (χ1n) is 10.8. The number of rotatable bonds is 8. The second-order valence-electron chi connectivity index (χ2n) is 7.64. The van der Waals surface area contributed by atoms with Gasteiger partial charge in [0, 0.05) is 23.7 Å². The number of carbonyl (C=O) groups is 2. The van der Waals surface area contributed by atoms with Crippen LogP contribution in [-0.4, -0.2) is 27.6 Å². The molecule has 1 aromatic heterocycles. The van der Waals surface area contributed by atoms with Gasteiger partial charge in [-0.25, -0.2) is 0 Å². The first-order valence-corrected chi connectivity index (χ1v) is 12.1. The van der Waals surface area contributed by atoms with Gasteiger partial charge in [0.05, 0.1) is 11.4 Å². The quantitative estimate of drug-likeness (QED) is 0.250. The van der Waals surface area contributed by atoms with E-state index in [0.29, 0.717) is 39.4 Å². The van der Waals surface area contributed by atoms with Crippen LogP contribution >= 0.6 is 24.0 Å². The molecule has 2 heterocycles. The Bertz CT molecular complexity index is 1180. The van der Waals surface area contributed by atoms with Gasteiger partial charge in [-0.2, -0.15) is 0 Å². The highest BCUT2D eigenvalue weighted by Crippen LogP contribution is 2.34. The number of thiocarbonyl (C=S) groups is 1. The van der Waals surface area contributed by atoms with Crippen LogP contribution in [0.3, 0.4) is 0 Å². The van der Waals surface area contributed by atoms with E-state index in [4.69, 9.17) is 16.6 Å². The Morgan fingerprint density at radius 1 is 1.09 bits per heavy atom. The molecule has 7 heteroatoms. The van der Waals surface area contributed by atoms with E-state index < -0.39 is 0 Å². The number of benzene rings is 2. The van der Waals surface area contributed by atoms with Crippen molar-refractivity contribution in [1.82, 2.24) is 10.2 Å². The lowest BCUT2D eigenvalue weighted by molar-refractivity contribution is -0.122. The second-order valence-corrected chi connectivity index (χ2v) is 9.32. The van der Waals surface area contributed by atoms with Crippen LogP contribution in [0.15, 0.2) is 76.1 Å². The van der Waals surface area contributed by atoms with Gasteiger partial charge in [0.25, 0.3) is 11.8 Å². The molecule has 2 amide bonds. The maximum atomic E-state index is 12.9. The molecule has 3 aromatic rings. The van der Waals surface area contributed by atoms with Gasteiger partial charge in [0.15, 0.2) is 0 Å². The van der Waals surface area contributed by atoms with Crippen molar-refractivity contribution in [1.29, 1.82) is 0 Å². The molecular formula is C26H24N2O3S2. The molecule has 0 radical (unpaired) electrons. The summed E-state index contributed by atoms with van der Waals surface area (Å²) in [4.78, 5) is 27.2. The van der Waals surface area contributed by atoms with Gasteiger partial charge in [-0.05, 0) is 36.2 Å². The van der Waals surface area contributed by atoms with Crippen LogP contribution in [0.5, 0.6) is 0 Å². The summed E-state index contributed by atoms with van der Waals surface area (Å²) in [5, 5.41) is 2.91. The second kappa shape index (κ2) is 10.6. The molecule has 5 nitrogen and oxygen atoms in total. The van der Waals surface area contributed by atoms with Gasteiger partial charge in [0.1, 0.15) is 15.8 Å². The molecule has 0 bridgehead atoms. The SMILES string of the molecule is CCCCNC(=O)c1ccc(-c2ccc(/C=C3/SC(=S)N(Cc4ccccc4)C3=O)o2)cc1. The summed E-state index contributed by atoms with van der Waals surface area (Å²) < 4.78 is 6.48. The Morgan fingerprint density at radius 3 is 2.58 bits per heavy atom. The minimum atomic E-state index is -0.120. The van der Waals surface area contributed by atoms with Crippen LogP contribution in [0.1, 0.15) is 41.4 Å². The summed E-state index contributed by atoms with van der Waals surface area (Å²) in [6.07, 6.45) is 3.73. The van der Waals surface area contributed by atoms with Crippen LogP contribution in [0, 0.1) is 0 Å². The molecule has 0 spiro atoms. The fourth-order valence-electron chi connectivity index (χ4n) is 3.38. The average molecular weight is 477 g/mol. The Balaban J connectivity index is 1.43. The standard InChI is InChI=1S/C26H24N2O3S2/c1-2-3-15-27-24(29)20-11-9-19(10-12-20)22-14-13-21(31-22)16-23-25(30)28(26(32)33-23)17-18-7-5-4-6-8-18/h4-14,16H,2-3,15,17H2,1H3,(H,27,29)/b23-16+. The topological polar surface area (TPSA) is 62.6 Å². The number of nitrogens with zero attached hydrogens (tertiary/aromatic N) is 1. The molecule has 1 aliphatic heterocycles. The van der Waals surface area contributed by atoms with Crippen LogP contribution in [0.4, 0.5) is 0 Å². The molecular weight excluding hydrogens is 452 g/mol. The molecule has 1 N–H and O–H groups in total. The summed E-state index contributed by atoms with van der Waals surface area (Å²) in [6.45, 7) is 3.21. The molecule has 1 saturated heterocycles. The van der Waals surface area contributed by atoms with Gasteiger partial charge in [-0.1, -0.05) is 79.8 Å². The highest BCUT2D eigenvalue weighted by Gasteiger charge is 2.32. The Hall–Kier alpha value is -3.16. The molecule has 33 heavy (non-hydrogen) atoms. The van der Waals surface area contributed by atoms with Crippen LogP contribution < -0.4 is 5.32 Å². The van der Waals surface area contributed by atoms with Gasteiger partial charge < -0.3 is 9.73 Å². The first kappa shape index (κ1) is 23.0. The molecule has 0 saturated carbocycles. The third kappa shape index (κ3) is 5.61. The zero-order valence-electron chi connectivity index (χ0n) is 18.2. The molecule has 4 rings (SSSR count). The van der Waals surface area contributed by atoms with E-state index >= 15 is 0 Å². The summed E-state index contributed by atoms with van der Waals surface area (Å²) in [6, 6.07) is 20.7. The maximum absolute atomic E-state index is 12.9. The molecule has 1 fully saturated rings. The number of carbonyl (C=O) groups excluding carboxylic acids is 2. The highest BCUT2D eigenvalue weighted by atomic mass is 32.2. The lowest BCUT2D eigenvalue weighted by Gasteiger charge is -2.14. The zero-order valence-corrected chi connectivity index (χ0v) is 19.9. The van der Waals surface area contributed by atoms with Crippen LogP contribution in [0.25, 0.3) is 17.4 Å². The highest BCUT2D eigenvalue weighted by molar-refractivity contribution is 8.26. The van der Waals surface area contributed by atoms with Crippen LogP contribution in [-0.2, 0) is 11.3 Å². The lowest BCUT2D eigenvalue weighted by atomic mass is 10.1. The Kier molecular flexibility index (Phi) is 7.42. The van der Waals surface area contributed by atoms with Crippen molar-refractivity contribution in [2.45, 2.75) is 26.3 Å². The van der Waals surface area contributed by atoms with Crippen LogP contribution in [0.2, 0.25) is 0 Å². The minimum Gasteiger partial charge on any atom is -0.457 e. The van der Waals surface area contributed by atoms with E-state index in [1.807, 2.05) is 54.6 Å². The van der Waals surface area contributed by atoms with Crippen molar-refractivity contribution in [3.05, 3.63) is 88.5 Å². The van der Waals surface area contributed by atoms with E-state index in [9.17, 15) is 9.59 Å². The van der Waals surface area contributed by atoms with Gasteiger partial charge >= 0.3 is 0 Å². The molecule has 168 valence electrons. The predicted molar refractivity (Wildman–Crippen MR) is 137 cm³/mol. The summed E-state index contributed by atoms with van der Waals surface area (Å²) >= 11 is 6.70. The number of hydrogen-bond donors (Lipinski definition) is 1. The first-order chi connectivity index (χ1) is 16.0. The largest absolute Gasteiger partial charge is 0.457 e. The molecule has 0 atom stereocenters. The molecule has 2 aromatic carbocycles.